The number of nitrogens with zero attached hydrogens (tertiary/aromatic N) is 2. The van der Waals surface area contributed by atoms with Crippen LogP contribution in [-0.4, -0.2) is 40.0 Å². The van der Waals surface area contributed by atoms with Crippen LogP contribution in [0.15, 0.2) is 72.8 Å². The van der Waals surface area contributed by atoms with Crippen LogP contribution in [0, 0.1) is 5.92 Å². The number of carbonyl (C=O) groups is 2. The minimum atomic E-state index is -0.881. The van der Waals surface area contributed by atoms with Crippen LogP contribution in [0.2, 0.25) is 10.0 Å². The summed E-state index contributed by atoms with van der Waals surface area (Å²) in [6, 6.07) is 22.5. The van der Waals surface area contributed by atoms with Crippen molar-refractivity contribution in [1.29, 1.82) is 0 Å². The Balaban J connectivity index is 1.43. The van der Waals surface area contributed by atoms with E-state index in [1.807, 2.05) is 54.6 Å². The van der Waals surface area contributed by atoms with Crippen LogP contribution < -0.4 is 4.74 Å². The van der Waals surface area contributed by atoms with E-state index in [4.69, 9.17) is 27.9 Å². The standard InChI is InChI=1S/C27H26Cl2N2O4/c28-23-9-8-22(25(29)13-23)17-31-16-21(12-26(32)33)15-30(27(31)34)14-19-6-10-24(11-7-19)35-18-20-4-2-1-3-5-20/h1-11,13,21H,12,14-18H2,(H,32,33). The predicted molar refractivity (Wildman–Crippen MR) is 136 cm³/mol. The molecule has 0 aliphatic carbocycles. The number of hydrogen-bond donors (Lipinski definition) is 1. The van der Waals surface area contributed by atoms with Gasteiger partial charge in [0, 0.05) is 42.1 Å². The Morgan fingerprint density at radius 3 is 2.26 bits per heavy atom. The molecular weight excluding hydrogens is 487 g/mol. The molecule has 6 nitrogen and oxygen atoms in total. The molecule has 1 aliphatic rings. The monoisotopic (exact) mass is 512 g/mol. The van der Waals surface area contributed by atoms with Gasteiger partial charge in [-0.1, -0.05) is 71.7 Å². The lowest BCUT2D eigenvalue weighted by Gasteiger charge is -2.40. The third-order valence-electron chi connectivity index (χ3n) is 5.88. The van der Waals surface area contributed by atoms with E-state index in [2.05, 4.69) is 0 Å². The Labute approximate surface area is 214 Å². The average molecular weight is 513 g/mol. The number of urea groups is 1. The van der Waals surface area contributed by atoms with E-state index in [1.54, 1.807) is 28.0 Å². The molecule has 1 saturated heterocycles. The molecule has 3 aromatic rings. The van der Waals surface area contributed by atoms with Gasteiger partial charge in [0.15, 0.2) is 0 Å². The number of carboxylic acids is 1. The van der Waals surface area contributed by atoms with Crippen LogP contribution in [0.3, 0.4) is 0 Å². The fraction of sp³-hybridized carbons (Fsp3) is 0.259. The van der Waals surface area contributed by atoms with Crippen LogP contribution in [0.5, 0.6) is 5.75 Å². The van der Waals surface area contributed by atoms with E-state index in [-0.39, 0.29) is 24.9 Å². The number of halogens is 2. The van der Waals surface area contributed by atoms with Crippen LogP contribution >= 0.6 is 23.2 Å². The first-order valence-corrected chi connectivity index (χ1v) is 12.1. The van der Waals surface area contributed by atoms with Crippen molar-refractivity contribution in [3.05, 3.63) is 99.5 Å². The van der Waals surface area contributed by atoms with Crippen molar-refractivity contribution in [2.75, 3.05) is 13.1 Å². The van der Waals surface area contributed by atoms with Crippen molar-refractivity contribution in [2.45, 2.75) is 26.1 Å². The molecule has 1 N–H and O–H groups in total. The van der Waals surface area contributed by atoms with Gasteiger partial charge in [-0.2, -0.15) is 0 Å². The maximum atomic E-state index is 13.3. The van der Waals surface area contributed by atoms with Gasteiger partial charge < -0.3 is 19.6 Å². The number of hydrogen-bond acceptors (Lipinski definition) is 3. The molecule has 1 unspecified atom stereocenters. The number of carboxylic acid groups (broad SMARTS) is 1. The Morgan fingerprint density at radius 1 is 0.914 bits per heavy atom. The van der Waals surface area contributed by atoms with Crippen molar-refractivity contribution < 1.29 is 19.4 Å². The highest BCUT2D eigenvalue weighted by Crippen LogP contribution is 2.26. The molecule has 35 heavy (non-hydrogen) atoms. The summed E-state index contributed by atoms with van der Waals surface area (Å²) in [6.07, 6.45) is -0.0130. The van der Waals surface area contributed by atoms with Crippen molar-refractivity contribution in [3.63, 3.8) is 0 Å². The molecule has 4 rings (SSSR count). The molecule has 0 bridgehead atoms. The molecule has 0 saturated carbocycles. The van der Waals surface area contributed by atoms with Gasteiger partial charge in [0.1, 0.15) is 12.4 Å². The van der Waals surface area contributed by atoms with E-state index in [0.717, 1.165) is 22.4 Å². The molecule has 1 heterocycles. The van der Waals surface area contributed by atoms with Crippen LogP contribution in [0.1, 0.15) is 23.1 Å². The van der Waals surface area contributed by atoms with Gasteiger partial charge in [-0.25, -0.2) is 4.79 Å². The molecule has 182 valence electrons. The zero-order valence-corrected chi connectivity index (χ0v) is 20.6. The largest absolute Gasteiger partial charge is 0.489 e. The van der Waals surface area contributed by atoms with Crippen LogP contribution in [0.25, 0.3) is 0 Å². The lowest BCUT2D eigenvalue weighted by Crippen LogP contribution is -2.52. The summed E-state index contributed by atoms with van der Waals surface area (Å²) in [4.78, 5) is 28.0. The molecule has 0 spiro atoms. The molecule has 3 aromatic carbocycles. The summed E-state index contributed by atoms with van der Waals surface area (Å²) in [7, 11) is 0. The fourth-order valence-electron chi connectivity index (χ4n) is 4.19. The molecule has 1 atom stereocenters. The molecule has 1 fully saturated rings. The number of aliphatic carboxylic acids is 1. The maximum absolute atomic E-state index is 13.3. The van der Waals surface area contributed by atoms with E-state index in [0.29, 0.717) is 36.3 Å². The maximum Gasteiger partial charge on any atom is 0.320 e. The quantitative estimate of drug-likeness (QED) is 0.375. The molecule has 0 aromatic heterocycles. The smallest absolute Gasteiger partial charge is 0.320 e. The summed E-state index contributed by atoms with van der Waals surface area (Å²) in [5.41, 5.74) is 2.78. The van der Waals surface area contributed by atoms with Gasteiger partial charge in [-0.3, -0.25) is 4.79 Å². The van der Waals surface area contributed by atoms with E-state index in [1.165, 1.54) is 0 Å². The summed E-state index contributed by atoms with van der Waals surface area (Å²) in [5, 5.41) is 10.3. The normalized spacial score (nSPS) is 15.8. The topological polar surface area (TPSA) is 70.1 Å². The zero-order chi connectivity index (χ0) is 24.8. The third kappa shape index (κ3) is 6.90. The minimum absolute atomic E-state index is 0.0130. The number of ether oxygens (including phenoxy) is 1. The predicted octanol–water partition coefficient (Wildman–Crippen LogP) is 6.10. The van der Waals surface area contributed by atoms with Crippen molar-refractivity contribution in [3.8, 4) is 5.75 Å². The third-order valence-corrected chi connectivity index (χ3v) is 6.47. The Kier molecular flexibility index (Phi) is 8.16. The Bertz CT molecular complexity index is 1170. The van der Waals surface area contributed by atoms with Crippen molar-refractivity contribution in [2.24, 2.45) is 5.92 Å². The second-order valence-corrected chi connectivity index (χ2v) is 9.51. The van der Waals surface area contributed by atoms with Crippen molar-refractivity contribution in [1.82, 2.24) is 9.80 Å². The van der Waals surface area contributed by atoms with Crippen LogP contribution in [0.4, 0.5) is 4.79 Å². The summed E-state index contributed by atoms with van der Waals surface area (Å²) in [5.74, 6) is -0.330. The lowest BCUT2D eigenvalue weighted by atomic mass is 10.0. The molecule has 1 aliphatic heterocycles. The lowest BCUT2D eigenvalue weighted by molar-refractivity contribution is -0.138. The second kappa shape index (κ2) is 11.5. The summed E-state index contributed by atoms with van der Waals surface area (Å²) >= 11 is 12.3. The van der Waals surface area contributed by atoms with Gasteiger partial charge in [-0.05, 0) is 41.0 Å². The van der Waals surface area contributed by atoms with Gasteiger partial charge in [0.25, 0.3) is 0 Å². The van der Waals surface area contributed by atoms with Gasteiger partial charge >= 0.3 is 12.0 Å². The number of carbonyl (C=O) groups excluding carboxylic acids is 1. The highest BCUT2D eigenvalue weighted by molar-refractivity contribution is 6.35. The molecular formula is C27H26Cl2N2O4. The zero-order valence-electron chi connectivity index (χ0n) is 19.1. The van der Waals surface area contributed by atoms with E-state index in [9.17, 15) is 14.7 Å². The summed E-state index contributed by atoms with van der Waals surface area (Å²) < 4.78 is 5.85. The Morgan fingerprint density at radius 2 is 1.60 bits per heavy atom. The van der Waals surface area contributed by atoms with Gasteiger partial charge in [0.2, 0.25) is 0 Å². The van der Waals surface area contributed by atoms with E-state index < -0.39 is 5.97 Å². The molecule has 0 radical (unpaired) electrons. The van der Waals surface area contributed by atoms with Gasteiger partial charge in [0.05, 0.1) is 6.42 Å². The van der Waals surface area contributed by atoms with Crippen molar-refractivity contribution >= 4 is 35.2 Å². The SMILES string of the molecule is O=C(O)CC1CN(Cc2ccc(OCc3ccccc3)cc2)C(=O)N(Cc2ccc(Cl)cc2Cl)C1. The fourth-order valence-corrected chi connectivity index (χ4v) is 4.65. The second-order valence-electron chi connectivity index (χ2n) is 8.66. The summed E-state index contributed by atoms with van der Waals surface area (Å²) in [6.45, 7) is 1.87. The highest BCUT2D eigenvalue weighted by Gasteiger charge is 2.33. The average Bonchev–Trinajstić information content (AvgIpc) is 2.83. The molecule has 8 heteroatoms. The van der Waals surface area contributed by atoms with Gasteiger partial charge in [-0.15, -0.1) is 0 Å². The first-order chi connectivity index (χ1) is 16.9. The molecule has 2 amide bonds. The van der Waals surface area contributed by atoms with E-state index >= 15 is 0 Å². The first kappa shape index (κ1) is 24.9. The highest BCUT2D eigenvalue weighted by atomic mass is 35.5. The number of benzene rings is 3. The number of rotatable bonds is 9. The minimum Gasteiger partial charge on any atom is -0.489 e. The number of amides is 2. The van der Waals surface area contributed by atoms with Crippen LogP contribution in [-0.2, 0) is 24.5 Å². The first-order valence-electron chi connectivity index (χ1n) is 11.3. The Hall–Kier alpha value is -3.22.